The number of nitrogens with zero attached hydrogens (tertiary/aromatic N) is 2. The van der Waals surface area contributed by atoms with Crippen LogP contribution in [0.15, 0.2) is 5.10 Å². The maximum absolute atomic E-state index is 12.3. The molecule has 6 heteroatoms. The van der Waals surface area contributed by atoms with E-state index in [0.717, 1.165) is 6.42 Å². The number of methoxy groups -OCH3 is 1. The molecule has 0 saturated carbocycles. The SMILES string of the molecule is CCC(C)N(CCOC)C(=O)C1=NNC(=O)CC1. The zero-order valence-electron chi connectivity index (χ0n) is 11.2. The summed E-state index contributed by atoms with van der Waals surface area (Å²) in [6, 6.07) is 0.132. The Bertz CT molecular complexity index is 341. The van der Waals surface area contributed by atoms with Gasteiger partial charge in [0, 0.05) is 32.5 Å². The summed E-state index contributed by atoms with van der Waals surface area (Å²) in [5, 5.41) is 3.84. The van der Waals surface area contributed by atoms with Crippen molar-refractivity contribution in [2.24, 2.45) is 5.10 Å². The van der Waals surface area contributed by atoms with E-state index in [1.807, 2.05) is 13.8 Å². The zero-order chi connectivity index (χ0) is 13.5. The van der Waals surface area contributed by atoms with Crippen LogP contribution in [0.5, 0.6) is 0 Å². The summed E-state index contributed by atoms with van der Waals surface area (Å²) in [7, 11) is 1.61. The minimum atomic E-state index is -0.140. The standard InChI is InChI=1S/C12H21N3O3/c1-4-9(2)15(7-8-18-3)12(17)10-5-6-11(16)14-13-10/h9H,4-8H2,1-3H3,(H,14,16). The van der Waals surface area contributed by atoms with Gasteiger partial charge in [0.1, 0.15) is 5.71 Å². The second-order valence-electron chi connectivity index (χ2n) is 4.34. The number of amides is 2. The molecule has 1 rings (SSSR count). The van der Waals surface area contributed by atoms with Gasteiger partial charge in [0.15, 0.2) is 0 Å². The van der Waals surface area contributed by atoms with Crippen LogP contribution < -0.4 is 5.43 Å². The van der Waals surface area contributed by atoms with Crippen LogP contribution in [0.1, 0.15) is 33.1 Å². The van der Waals surface area contributed by atoms with Crippen molar-refractivity contribution in [1.82, 2.24) is 10.3 Å². The Balaban J connectivity index is 2.72. The Morgan fingerprint density at radius 2 is 2.28 bits per heavy atom. The maximum Gasteiger partial charge on any atom is 0.270 e. The largest absolute Gasteiger partial charge is 0.383 e. The zero-order valence-corrected chi connectivity index (χ0v) is 11.2. The molecule has 6 nitrogen and oxygen atoms in total. The van der Waals surface area contributed by atoms with Crippen LogP contribution >= 0.6 is 0 Å². The van der Waals surface area contributed by atoms with E-state index >= 15 is 0 Å². The maximum atomic E-state index is 12.3. The molecule has 1 aliphatic rings. The number of hydrogen-bond donors (Lipinski definition) is 1. The first kappa shape index (κ1) is 14.6. The van der Waals surface area contributed by atoms with Gasteiger partial charge in [-0.15, -0.1) is 0 Å². The first-order valence-corrected chi connectivity index (χ1v) is 6.25. The summed E-state index contributed by atoms with van der Waals surface area (Å²) in [5.74, 6) is -0.250. The van der Waals surface area contributed by atoms with Crippen molar-refractivity contribution in [2.45, 2.75) is 39.2 Å². The van der Waals surface area contributed by atoms with E-state index in [0.29, 0.717) is 31.7 Å². The number of carbonyl (C=O) groups excluding carboxylic acids is 2. The molecule has 1 aliphatic heterocycles. The lowest BCUT2D eigenvalue weighted by molar-refractivity contribution is -0.127. The summed E-state index contributed by atoms with van der Waals surface area (Å²) in [6.07, 6.45) is 1.60. The summed E-state index contributed by atoms with van der Waals surface area (Å²) < 4.78 is 5.02. The lowest BCUT2D eigenvalue weighted by atomic mass is 10.1. The molecule has 1 atom stereocenters. The first-order valence-electron chi connectivity index (χ1n) is 6.25. The van der Waals surface area contributed by atoms with E-state index in [9.17, 15) is 9.59 Å². The molecule has 0 bridgehead atoms. The molecule has 0 saturated heterocycles. The normalized spacial score (nSPS) is 16.8. The van der Waals surface area contributed by atoms with Gasteiger partial charge in [-0.25, -0.2) is 5.43 Å². The average molecular weight is 255 g/mol. The van der Waals surface area contributed by atoms with Gasteiger partial charge in [0.05, 0.1) is 6.61 Å². The van der Waals surface area contributed by atoms with E-state index in [-0.39, 0.29) is 17.9 Å². The van der Waals surface area contributed by atoms with Gasteiger partial charge in [0.25, 0.3) is 5.91 Å². The Hall–Kier alpha value is -1.43. The molecule has 0 aliphatic carbocycles. The van der Waals surface area contributed by atoms with Gasteiger partial charge in [-0.2, -0.15) is 5.10 Å². The Morgan fingerprint density at radius 1 is 1.56 bits per heavy atom. The highest BCUT2D eigenvalue weighted by atomic mass is 16.5. The predicted molar refractivity (Wildman–Crippen MR) is 68.2 cm³/mol. The van der Waals surface area contributed by atoms with Crippen LogP contribution in [-0.2, 0) is 14.3 Å². The van der Waals surface area contributed by atoms with E-state index in [4.69, 9.17) is 4.74 Å². The lowest BCUT2D eigenvalue weighted by Crippen LogP contribution is -2.46. The Kier molecular flexibility index (Phi) is 5.77. The molecular formula is C12H21N3O3. The van der Waals surface area contributed by atoms with Crippen molar-refractivity contribution >= 4 is 17.5 Å². The van der Waals surface area contributed by atoms with Crippen LogP contribution in [-0.4, -0.2) is 48.7 Å². The molecule has 2 amide bonds. The highest BCUT2D eigenvalue weighted by molar-refractivity contribution is 6.39. The quantitative estimate of drug-likeness (QED) is 0.752. The molecule has 0 aromatic rings. The summed E-state index contributed by atoms with van der Waals surface area (Å²) in [4.78, 5) is 25.0. The van der Waals surface area contributed by atoms with Crippen LogP contribution in [0.3, 0.4) is 0 Å². The van der Waals surface area contributed by atoms with Crippen molar-refractivity contribution in [3.05, 3.63) is 0 Å². The van der Waals surface area contributed by atoms with Gasteiger partial charge in [0.2, 0.25) is 5.91 Å². The number of ether oxygens (including phenoxy) is 1. The summed E-state index contributed by atoms with van der Waals surface area (Å²) >= 11 is 0. The van der Waals surface area contributed by atoms with Crippen LogP contribution in [0.4, 0.5) is 0 Å². The number of hydrogen-bond acceptors (Lipinski definition) is 4. The molecule has 102 valence electrons. The third-order valence-corrected chi connectivity index (χ3v) is 3.07. The first-order chi connectivity index (χ1) is 8.60. The molecule has 0 spiro atoms. The molecule has 0 radical (unpaired) electrons. The third-order valence-electron chi connectivity index (χ3n) is 3.07. The fraction of sp³-hybridized carbons (Fsp3) is 0.750. The Morgan fingerprint density at radius 3 is 2.78 bits per heavy atom. The van der Waals surface area contributed by atoms with Gasteiger partial charge in [-0.3, -0.25) is 9.59 Å². The monoisotopic (exact) mass is 255 g/mol. The average Bonchev–Trinajstić information content (AvgIpc) is 2.39. The molecule has 0 aromatic heterocycles. The van der Waals surface area contributed by atoms with Crippen molar-refractivity contribution in [1.29, 1.82) is 0 Å². The van der Waals surface area contributed by atoms with E-state index in [2.05, 4.69) is 10.5 Å². The highest BCUT2D eigenvalue weighted by Crippen LogP contribution is 2.09. The van der Waals surface area contributed by atoms with Crippen molar-refractivity contribution < 1.29 is 14.3 Å². The van der Waals surface area contributed by atoms with E-state index in [1.165, 1.54) is 0 Å². The topological polar surface area (TPSA) is 71.0 Å². The third kappa shape index (κ3) is 3.80. The molecule has 0 aromatic carbocycles. The Labute approximate surface area is 107 Å². The number of nitrogens with one attached hydrogen (secondary N) is 1. The smallest absolute Gasteiger partial charge is 0.270 e. The molecule has 1 heterocycles. The van der Waals surface area contributed by atoms with Crippen molar-refractivity contribution in [3.63, 3.8) is 0 Å². The molecule has 1 unspecified atom stereocenters. The molecule has 1 N–H and O–H groups in total. The lowest BCUT2D eigenvalue weighted by Gasteiger charge is -2.29. The summed E-state index contributed by atoms with van der Waals surface area (Å²) in [6.45, 7) is 5.06. The van der Waals surface area contributed by atoms with Gasteiger partial charge in [-0.05, 0) is 13.3 Å². The molecule has 0 fully saturated rings. The second-order valence-corrected chi connectivity index (χ2v) is 4.34. The van der Waals surface area contributed by atoms with Crippen molar-refractivity contribution in [3.8, 4) is 0 Å². The predicted octanol–water partition coefficient (Wildman–Crippen LogP) is 0.526. The molecular weight excluding hydrogens is 234 g/mol. The molecule has 18 heavy (non-hydrogen) atoms. The van der Waals surface area contributed by atoms with Crippen LogP contribution in [0.2, 0.25) is 0 Å². The fourth-order valence-electron chi connectivity index (χ4n) is 1.73. The van der Waals surface area contributed by atoms with Gasteiger partial charge >= 0.3 is 0 Å². The summed E-state index contributed by atoms with van der Waals surface area (Å²) in [5.41, 5.74) is 2.77. The van der Waals surface area contributed by atoms with E-state index < -0.39 is 0 Å². The minimum Gasteiger partial charge on any atom is -0.383 e. The second kappa shape index (κ2) is 7.10. The fourth-order valence-corrected chi connectivity index (χ4v) is 1.73. The highest BCUT2D eigenvalue weighted by Gasteiger charge is 2.25. The van der Waals surface area contributed by atoms with E-state index in [1.54, 1.807) is 12.0 Å². The van der Waals surface area contributed by atoms with Crippen LogP contribution in [0.25, 0.3) is 0 Å². The van der Waals surface area contributed by atoms with Gasteiger partial charge < -0.3 is 9.64 Å². The van der Waals surface area contributed by atoms with Gasteiger partial charge in [-0.1, -0.05) is 6.92 Å². The minimum absolute atomic E-state index is 0.110. The number of hydrazone groups is 1. The number of carbonyl (C=O) groups is 2. The van der Waals surface area contributed by atoms with Crippen LogP contribution in [0, 0.1) is 0 Å². The number of rotatable bonds is 6. The van der Waals surface area contributed by atoms with Crippen molar-refractivity contribution in [2.75, 3.05) is 20.3 Å².